The van der Waals surface area contributed by atoms with Crippen LogP contribution in [0.4, 0.5) is 0 Å². The minimum atomic E-state index is 0.0399. The van der Waals surface area contributed by atoms with Crippen LogP contribution >= 0.6 is 27.5 Å². The minimum absolute atomic E-state index is 0.0399. The third-order valence-electron chi connectivity index (χ3n) is 4.78. The number of halogens is 2. The first-order chi connectivity index (χ1) is 10.0. The molecule has 118 valence electrons. The molecule has 0 bridgehead atoms. The van der Waals surface area contributed by atoms with E-state index in [2.05, 4.69) is 35.8 Å². The maximum Gasteiger partial charge on any atom is 0.126 e. The van der Waals surface area contributed by atoms with Crippen LogP contribution < -0.4 is 4.74 Å². The summed E-state index contributed by atoms with van der Waals surface area (Å²) in [7, 11) is 1.74. The van der Waals surface area contributed by atoms with E-state index in [1.807, 2.05) is 0 Å². The van der Waals surface area contributed by atoms with Gasteiger partial charge in [0.2, 0.25) is 0 Å². The van der Waals surface area contributed by atoms with E-state index < -0.39 is 0 Å². The van der Waals surface area contributed by atoms with E-state index in [9.17, 15) is 0 Å². The molecule has 3 heteroatoms. The number of rotatable bonds is 5. The smallest absolute Gasteiger partial charge is 0.126 e. The summed E-state index contributed by atoms with van der Waals surface area (Å²) >= 11 is 10.4. The van der Waals surface area contributed by atoms with Gasteiger partial charge in [0.15, 0.2) is 0 Å². The van der Waals surface area contributed by atoms with Crippen LogP contribution in [0.5, 0.6) is 5.75 Å². The molecule has 1 aromatic rings. The lowest BCUT2D eigenvalue weighted by Crippen LogP contribution is -2.08. The lowest BCUT2D eigenvalue weighted by Gasteiger charge is -2.24. The fourth-order valence-electron chi connectivity index (χ4n) is 3.53. The van der Waals surface area contributed by atoms with E-state index in [0.717, 1.165) is 28.1 Å². The van der Waals surface area contributed by atoms with Gasteiger partial charge in [-0.2, -0.15) is 0 Å². The van der Waals surface area contributed by atoms with Crippen molar-refractivity contribution in [2.24, 2.45) is 5.92 Å². The molecule has 1 nitrogen and oxygen atoms in total. The van der Waals surface area contributed by atoms with Crippen molar-refractivity contribution in [2.75, 3.05) is 7.11 Å². The minimum Gasteiger partial charge on any atom is -0.496 e. The molecule has 0 N–H and O–H groups in total. The molecule has 0 aliphatic heterocycles. The first kappa shape index (κ1) is 17.1. The average Bonchev–Trinajstić information content (AvgIpc) is 2.49. The molecule has 1 saturated carbocycles. The zero-order valence-corrected chi connectivity index (χ0v) is 15.7. The molecule has 0 heterocycles. The molecule has 1 fully saturated rings. The lowest BCUT2D eigenvalue weighted by molar-refractivity contribution is 0.330. The number of benzene rings is 1. The van der Waals surface area contributed by atoms with Gasteiger partial charge in [-0.25, -0.2) is 0 Å². The Kier molecular flexibility index (Phi) is 6.43. The fraction of sp³-hybridized carbons (Fsp3) is 0.667. The Bertz CT molecular complexity index is 481. The Morgan fingerprint density at radius 3 is 2.57 bits per heavy atom. The standard InChI is InChI=1S/C18H26BrClO/c1-12-11-15(19)13(2)17(18(12)21-3)16(20)10-9-14-7-5-4-6-8-14/h11,14,16H,4-10H2,1-3H3. The second-order valence-electron chi connectivity index (χ2n) is 6.30. The highest BCUT2D eigenvalue weighted by atomic mass is 79.9. The number of methoxy groups -OCH3 is 1. The van der Waals surface area contributed by atoms with Crippen LogP contribution in [0.3, 0.4) is 0 Å². The SMILES string of the molecule is COc1c(C)cc(Br)c(C)c1C(Cl)CCC1CCCCC1. The molecule has 0 saturated heterocycles. The molecule has 1 aromatic carbocycles. The van der Waals surface area contributed by atoms with Gasteiger partial charge in [-0.1, -0.05) is 48.0 Å². The first-order valence-corrected chi connectivity index (χ1v) is 9.25. The second-order valence-corrected chi connectivity index (χ2v) is 7.68. The molecule has 21 heavy (non-hydrogen) atoms. The summed E-state index contributed by atoms with van der Waals surface area (Å²) in [6, 6.07) is 2.11. The normalized spacial score (nSPS) is 17.8. The van der Waals surface area contributed by atoms with Crippen molar-refractivity contribution < 1.29 is 4.74 Å². The largest absolute Gasteiger partial charge is 0.496 e. The summed E-state index contributed by atoms with van der Waals surface area (Å²) in [5, 5.41) is 0.0399. The second kappa shape index (κ2) is 7.87. The molecule has 1 atom stereocenters. The predicted octanol–water partition coefficient (Wildman–Crippen LogP) is 6.71. The topological polar surface area (TPSA) is 9.23 Å². The Morgan fingerprint density at radius 2 is 1.95 bits per heavy atom. The third kappa shape index (κ3) is 4.16. The molecular formula is C18H26BrClO. The van der Waals surface area contributed by atoms with Crippen LogP contribution in [0, 0.1) is 19.8 Å². The van der Waals surface area contributed by atoms with E-state index in [-0.39, 0.29) is 5.38 Å². The van der Waals surface area contributed by atoms with Crippen LogP contribution in [0.25, 0.3) is 0 Å². The Morgan fingerprint density at radius 1 is 1.29 bits per heavy atom. The lowest BCUT2D eigenvalue weighted by atomic mass is 9.85. The highest BCUT2D eigenvalue weighted by Crippen LogP contribution is 2.42. The van der Waals surface area contributed by atoms with Gasteiger partial charge in [-0.05, 0) is 49.8 Å². The van der Waals surface area contributed by atoms with E-state index in [1.54, 1.807) is 7.11 Å². The highest BCUT2D eigenvalue weighted by Gasteiger charge is 2.22. The molecule has 0 aromatic heterocycles. The van der Waals surface area contributed by atoms with Crippen molar-refractivity contribution in [3.63, 3.8) is 0 Å². The third-order valence-corrected chi connectivity index (χ3v) is 6.04. The Balaban J connectivity index is 2.12. The molecule has 2 rings (SSSR count). The van der Waals surface area contributed by atoms with Crippen LogP contribution in [-0.4, -0.2) is 7.11 Å². The van der Waals surface area contributed by atoms with Crippen LogP contribution in [-0.2, 0) is 0 Å². The van der Waals surface area contributed by atoms with Crippen molar-refractivity contribution in [1.82, 2.24) is 0 Å². The zero-order chi connectivity index (χ0) is 15.4. The van der Waals surface area contributed by atoms with Crippen molar-refractivity contribution in [1.29, 1.82) is 0 Å². The summed E-state index contributed by atoms with van der Waals surface area (Å²) in [6.07, 6.45) is 9.26. The van der Waals surface area contributed by atoms with E-state index in [0.29, 0.717) is 0 Å². The summed E-state index contributed by atoms with van der Waals surface area (Å²) < 4.78 is 6.74. The number of ether oxygens (including phenoxy) is 1. The van der Waals surface area contributed by atoms with Crippen LogP contribution in [0.2, 0.25) is 0 Å². The highest BCUT2D eigenvalue weighted by molar-refractivity contribution is 9.10. The predicted molar refractivity (Wildman–Crippen MR) is 94.6 cm³/mol. The maximum absolute atomic E-state index is 6.76. The summed E-state index contributed by atoms with van der Waals surface area (Å²) in [4.78, 5) is 0. The number of alkyl halides is 1. The van der Waals surface area contributed by atoms with Gasteiger partial charge < -0.3 is 4.74 Å². The van der Waals surface area contributed by atoms with Crippen molar-refractivity contribution >= 4 is 27.5 Å². The van der Waals surface area contributed by atoms with Gasteiger partial charge in [-0.3, -0.25) is 0 Å². The monoisotopic (exact) mass is 372 g/mol. The Hall–Kier alpha value is -0.210. The van der Waals surface area contributed by atoms with Gasteiger partial charge in [0, 0.05) is 10.0 Å². The van der Waals surface area contributed by atoms with Gasteiger partial charge in [0.05, 0.1) is 12.5 Å². The van der Waals surface area contributed by atoms with Crippen molar-refractivity contribution in [2.45, 2.75) is 64.2 Å². The molecule has 0 amide bonds. The van der Waals surface area contributed by atoms with Gasteiger partial charge >= 0.3 is 0 Å². The quantitative estimate of drug-likeness (QED) is 0.521. The molecule has 0 spiro atoms. The van der Waals surface area contributed by atoms with Gasteiger partial charge in [0.25, 0.3) is 0 Å². The van der Waals surface area contributed by atoms with Crippen LogP contribution in [0.1, 0.15) is 67.0 Å². The summed E-state index contributed by atoms with van der Waals surface area (Å²) in [6.45, 7) is 4.20. The number of hydrogen-bond donors (Lipinski definition) is 0. The zero-order valence-electron chi connectivity index (χ0n) is 13.3. The Labute approximate surface area is 142 Å². The summed E-state index contributed by atoms with van der Waals surface area (Å²) in [5.41, 5.74) is 3.52. The fourth-order valence-corrected chi connectivity index (χ4v) is 4.47. The maximum atomic E-state index is 6.76. The van der Waals surface area contributed by atoms with E-state index in [1.165, 1.54) is 49.7 Å². The number of hydrogen-bond acceptors (Lipinski definition) is 1. The molecular weight excluding hydrogens is 348 g/mol. The molecule has 1 aliphatic rings. The van der Waals surface area contributed by atoms with Crippen molar-refractivity contribution in [3.05, 3.63) is 27.2 Å². The summed E-state index contributed by atoms with van der Waals surface area (Å²) in [5.74, 6) is 1.83. The van der Waals surface area contributed by atoms with E-state index in [4.69, 9.17) is 16.3 Å². The number of aryl methyl sites for hydroxylation is 1. The first-order valence-electron chi connectivity index (χ1n) is 8.02. The van der Waals surface area contributed by atoms with Crippen LogP contribution in [0.15, 0.2) is 10.5 Å². The van der Waals surface area contributed by atoms with E-state index >= 15 is 0 Å². The van der Waals surface area contributed by atoms with Gasteiger partial charge in [-0.15, -0.1) is 11.6 Å². The average molecular weight is 374 g/mol. The van der Waals surface area contributed by atoms with Crippen molar-refractivity contribution in [3.8, 4) is 5.75 Å². The molecule has 1 unspecified atom stereocenters. The van der Waals surface area contributed by atoms with Gasteiger partial charge in [0.1, 0.15) is 5.75 Å². The molecule has 1 aliphatic carbocycles. The molecule has 0 radical (unpaired) electrons.